The van der Waals surface area contributed by atoms with Gasteiger partial charge >= 0.3 is 0 Å². The molecule has 4 N–H and O–H groups in total. The number of nitrogens with zero attached hydrogens (tertiary/aromatic N) is 1. The van der Waals surface area contributed by atoms with E-state index >= 15 is 0 Å². The van der Waals surface area contributed by atoms with Gasteiger partial charge < -0.3 is 25.9 Å². The fourth-order valence-corrected chi connectivity index (χ4v) is 5.13. The van der Waals surface area contributed by atoms with Crippen LogP contribution in [0.5, 0.6) is 0 Å². The van der Waals surface area contributed by atoms with Gasteiger partial charge in [-0.2, -0.15) is 0 Å². The number of sulfone groups is 1. The second-order valence-corrected chi connectivity index (χ2v) is 37.9. The van der Waals surface area contributed by atoms with Gasteiger partial charge in [-0.05, 0) is 126 Å². The van der Waals surface area contributed by atoms with Crippen LogP contribution in [0.4, 0.5) is 0 Å². The number of nitrogens with one attached hydrogen (secondary N) is 1. The molecule has 1 aromatic rings. The van der Waals surface area contributed by atoms with Crippen LogP contribution in [0.1, 0.15) is 327 Å². The third-order valence-corrected chi connectivity index (χ3v) is 17.9. The van der Waals surface area contributed by atoms with Crippen LogP contribution in [0.15, 0.2) is 24.3 Å². The Labute approximate surface area is 649 Å². The summed E-state index contributed by atoms with van der Waals surface area (Å²) in [5.41, 5.74) is 8.96. The molecule has 0 spiro atoms. The van der Waals surface area contributed by atoms with Crippen LogP contribution in [0, 0.1) is 95.2 Å². The van der Waals surface area contributed by atoms with Crippen molar-refractivity contribution < 1.29 is 56.1 Å². The summed E-state index contributed by atoms with van der Waals surface area (Å²) in [4.78, 5) is 86.5. The molecule has 0 fully saturated rings. The molecule has 0 heterocycles. The first-order valence-electron chi connectivity index (χ1n) is 38.3. The number of rotatable bonds is 25. The third-order valence-electron chi connectivity index (χ3n) is 14.2. The topological polar surface area (TPSA) is 261 Å². The van der Waals surface area contributed by atoms with Crippen molar-refractivity contribution in [2.45, 2.75) is 346 Å². The number of likely N-dealkylation sites (N-methyl/N-ethyl adjacent to an activating group) is 1. The monoisotopic (exact) mass is 1520 g/mol. The number of aryl methyl sites for hydroxylation is 1. The van der Waals surface area contributed by atoms with E-state index in [0.29, 0.717) is 48.6 Å². The van der Waals surface area contributed by atoms with Crippen molar-refractivity contribution in [3.8, 4) is 0 Å². The average molecular weight is 1530 g/mol. The number of hydrogen-bond donors (Lipinski definition) is 3. The highest BCUT2D eigenvalue weighted by Crippen LogP contribution is 2.10. The molecular formula is C87H181N3O12S2. The first-order chi connectivity index (χ1) is 46.1. The Kier molecular flexibility index (Phi) is 104. The van der Waals surface area contributed by atoms with Crippen LogP contribution >= 0.6 is 0 Å². The number of hydrogen-bond acceptors (Lipinski definition) is 15. The fraction of sp³-hybridized carbons (Fsp3) is 0.816. The zero-order chi connectivity index (χ0) is 85.9. The number of aliphatic hydroxyl groups is 1. The molecule has 3 atom stereocenters. The summed E-state index contributed by atoms with van der Waals surface area (Å²) in [6.45, 7) is 78.4. The predicted molar refractivity (Wildman–Crippen MR) is 464 cm³/mol. The first-order valence-corrected chi connectivity index (χ1v) is 42.5. The minimum Gasteiger partial charge on any atom is -0.396 e. The van der Waals surface area contributed by atoms with Crippen LogP contribution in [0.2, 0.25) is 0 Å². The normalized spacial score (nSPS) is 11.4. The van der Waals surface area contributed by atoms with Gasteiger partial charge in [0.2, 0.25) is 0 Å². The van der Waals surface area contributed by atoms with E-state index in [9.17, 15) is 51.0 Å². The lowest BCUT2D eigenvalue weighted by molar-refractivity contribution is -0.126. The molecular weight excluding hydrogens is 1340 g/mol. The van der Waals surface area contributed by atoms with Gasteiger partial charge in [-0.3, -0.25) is 37.8 Å². The van der Waals surface area contributed by atoms with E-state index < -0.39 is 19.4 Å². The SMILES string of the molecule is C.C=S(C)(=O)C(C)C.CC(=N)C(C)C.CC(=O)C(C)C.CC(=O)C(C)C.CC(=O)CC(C)C.CC(C)C(=O)C(C)C.CC(C)C(=O)C(C)CO.CC(C)C(=O)CN(C)C.CC(C)S(C)(=O)=O.CC(N)CC(=O)C(C)C.CCC(=O)C(C)C.CCC(C)C.CCCC(C)C.Cc1ccc(CC(C)C)cc1. The highest BCUT2D eigenvalue weighted by molar-refractivity contribution is 8.00. The Morgan fingerprint density at radius 1 is 0.481 bits per heavy atom. The van der Waals surface area contributed by atoms with Crippen molar-refractivity contribution in [3.63, 3.8) is 0 Å². The van der Waals surface area contributed by atoms with Crippen molar-refractivity contribution >= 4 is 77.2 Å². The third kappa shape index (κ3) is 134. The van der Waals surface area contributed by atoms with E-state index in [1.54, 1.807) is 47.8 Å². The quantitative estimate of drug-likeness (QED) is 0.0607. The van der Waals surface area contributed by atoms with Crippen molar-refractivity contribution in [1.82, 2.24) is 4.90 Å². The van der Waals surface area contributed by atoms with Gasteiger partial charge in [-0.25, -0.2) is 8.42 Å². The Morgan fingerprint density at radius 3 is 0.856 bits per heavy atom. The van der Waals surface area contributed by atoms with Gasteiger partial charge in [0.25, 0.3) is 0 Å². The molecule has 0 saturated carbocycles. The fourth-order valence-electron chi connectivity index (χ4n) is 5.13. The molecule has 3 unspecified atom stereocenters. The Morgan fingerprint density at radius 2 is 0.779 bits per heavy atom. The molecule has 1 aromatic carbocycles. The lowest BCUT2D eigenvalue weighted by Gasteiger charge is -2.09. The lowest BCUT2D eigenvalue weighted by atomic mass is 9.98. The average Bonchev–Trinajstić information content (AvgIpc) is 0.957. The summed E-state index contributed by atoms with van der Waals surface area (Å²) in [7, 11) is -0.675. The lowest BCUT2D eigenvalue weighted by Crippen LogP contribution is -2.24. The van der Waals surface area contributed by atoms with Crippen LogP contribution in [0.25, 0.3) is 0 Å². The van der Waals surface area contributed by atoms with Gasteiger partial charge in [0, 0.05) is 102 Å². The second-order valence-electron chi connectivity index (χ2n) is 32.2. The molecule has 0 aromatic heterocycles. The molecule has 17 heteroatoms. The number of carbonyl (C=O) groups excluding carboxylic acids is 8. The highest BCUT2D eigenvalue weighted by atomic mass is 32.2. The molecule has 15 nitrogen and oxygen atoms in total. The van der Waals surface area contributed by atoms with E-state index in [4.69, 9.17) is 16.2 Å². The minimum absolute atomic E-state index is 0. The number of ketones is 8. The number of benzene rings is 1. The standard InChI is InChI=1S/C11H16.2C7H15NO.C7H14O2.C7H14O.2C6H12O.C6H14.C5H11N.C5H12OS.2C5H10O.C5H12.C4H10O2S.CH4/c1-9(2)8-11-6-4-10(3)5-7-11;1-6(2)7(9)5-8(3)4;1-5(2)7(9)4-6(3)8;1-5(2)7(9)6(3)4-8;1-5(2)7(8)6(3)4;1-5(2)4-6(3)7;1-4-6(7)5(2)3;1-4-5-6(2)3;1-4(2)5(3)6;1-5(2)7(3,4)6;2*1-4(2)5(3)6;1-4-5(2)3;1-4(2)7(3,5)6;/h4-7,9H,8H2,1-3H3;6H,5H2,1-4H3;5-6H,4,8H2,1-3H3;5-6,8H,4H2,1-3H3;5-6H,1-4H3;2*5H,4H2,1-3H3;6H,4-5H2,1-3H3;4,6H,1-3H3;5H,3H2,1-2,4H3;2*4H,1-3H3;5H,4H2,1-3H3;4H,1-3H3;1H4. The minimum atomic E-state index is -2.74. The smallest absolute Gasteiger partial charge is 0.149 e. The summed E-state index contributed by atoms with van der Waals surface area (Å²) in [5.74, 6) is 10.4. The summed E-state index contributed by atoms with van der Waals surface area (Å²) < 4.78 is 31.4. The number of Topliss-reactive ketones (excluding diaryl/α,β-unsaturated/α-hetero) is 8. The van der Waals surface area contributed by atoms with E-state index in [2.05, 4.69) is 92.4 Å². The zero-order valence-electron chi connectivity index (χ0n) is 76.0. The first kappa shape index (κ1) is 133. The number of carbonyl (C=O) groups is 8. The molecule has 1 rings (SSSR count). The summed E-state index contributed by atoms with van der Waals surface area (Å²) in [6.07, 6.45) is 10.0. The molecule has 0 saturated heterocycles. The zero-order valence-corrected chi connectivity index (χ0v) is 77.6. The van der Waals surface area contributed by atoms with Crippen molar-refractivity contribution in [2.75, 3.05) is 39.8 Å². The van der Waals surface area contributed by atoms with Gasteiger partial charge in [-0.1, -0.05) is 278 Å². The number of aliphatic hydroxyl groups excluding tert-OH is 1. The van der Waals surface area contributed by atoms with Crippen molar-refractivity contribution in [1.29, 1.82) is 5.41 Å². The van der Waals surface area contributed by atoms with Crippen LogP contribution in [-0.4, -0.2) is 137 Å². The van der Waals surface area contributed by atoms with Gasteiger partial charge in [0.1, 0.15) is 56.1 Å². The molecule has 104 heavy (non-hydrogen) atoms. The van der Waals surface area contributed by atoms with Gasteiger partial charge in [0.15, 0.2) is 0 Å². The summed E-state index contributed by atoms with van der Waals surface area (Å²) in [5, 5.41) is 15.5. The molecule has 0 aliphatic rings. The Bertz CT molecular complexity index is 2310. The number of nitrogens with two attached hydrogens (primary N) is 1. The highest BCUT2D eigenvalue weighted by Gasteiger charge is 2.15. The maximum absolute atomic E-state index is 10.9. The Balaban J connectivity index is -0.0000000702. The maximum Gasteiger partial charge on any atom is 0.149 e. The Hall–Kier alpha value is -3.90. The van der Waals surface area contributed by atoms with E-state index in [1.165, 1.54) is 43.1 Å². The van der Waals surface area contributed by atoms with Crippen LogP contribution < -0.4 is 5.73 Å². The van der Waals surface area contributed by atoms with Crippen molar-refractivity contribution in [3.05, 3.63) is 35.4 Å². The van der Waals surface area contributed by atoms with E-state index in [0.717, 1.165) is 29.9 Å². The molecule has 0 amide bonds. The van der Waals surface area contributed by atoms with Crippen molar-refractivity contribution in [2.24, 2.45) is 88.6 Å². The van der Waals surface area contributed by atoms with E-state index in [1.807, 2.05) is 192 Å². The summed E-state index contributed by atoms with van der Waals surface area (Å²) >= 11 is 0. The maximum atomic E-state index is 10.9. The largest absolute Gasteiger partial charge is 0.396 e. The predicted octanol–water partition coefficient (Wildman–Crippen LogP) is 21.3. The second kappa shape index (κ2) is 81.6. The van der Waals surface area contributed by atoms with Gasteiger partial charge in [-0.15, -0.1) is 0 Å². The van der Waals surface area contributed by atoms with E-state index in [-0.39, 0.29) is 113 Å². The summed E-state index contributed by atoms with van der Waals surface area (Å²) in [6, 6.07) is 8.81. The molecule has 0 aliphatic carbocycles. The molecule has 0 bridgehead atoms. The molecule has 0 radical (unpaired) electrons. The van der Waals surface area contributed by atoms with Crippen LogP contribution in [-0.2, 0) is 64.1 Å². The van der Waals surface area contributed by atoms with Crippen LogP contribution in [0.3, 0.4) is 0 Å². The molecule has 0 aliphatic heterocycles. The van der Waals surface area contributed by atoms with Gasteiger partial charge in [0.05, 0.1) is 18.4 Å². The molecule has 628 valence electrons.